The number of rotatable bonds is 4. The first kappa shape index (κ1) is 12.4. The van der Waals surface area contributed by atoms with E-state index in [9.17, 15) is 5.11 Å². The van der Waals surface area contributed by atoms with Crippen molar-refractivity contribution in [3.8, 4) is 5.75 Å². The molecule has 1 aromatic rings. The Morgan fingerprint density at radius 2 is 2.24 bits per heavy atom. The van der Waals surface area contributed by atoms with Gasteiger partial charge in [-0.05, 0) is 49.9 Å². The molecule has 0 aliphatic carbocycles. The smallest absolute Gasteiger partial charge is 0.115 e. The van der Waals surface area contributed by atoms with Gasteiger partial charge in [0.05, 0.1) is 0 Å². The molecule has 0 saturated carbocycles. The second-order valence-electron chi connectivity index (χ2n) is 5.26. The van der Waals surface area contributed by atoms with E-state index >= 15 is 0 Å². The van der Waals surface area contributed by atoms with Gasteiger partial charge < -0.3 is 10.4 Å². The van der Waals surface area contributed by atoms with E-state index in [0.717, 1.165) is 13.0 Å². The molecule has 1 aliphatic rings. The fourth-order valence-corrected chi connectivity index (χ4v) is 3.02. The van der Waals surface area contributed by atoms with Crippen LogP contribution in [-0.4, -0.2) is 17.2 Å². The number of nitrogens with one attached hydrogen (secondary N) is 1. The van der Waals surface area contributed by atoms with Crippen LogP contribution in [0.4, 0.5) is 0 Å². The van der Waals surface area contributed by atoms with Gasteiger partial charge in [0, 0.05) is 5.54 Å². The lowest BCUT2D eigenvalue weighted by atomic mass is 9.80. The van der Waals surface area contributed by atoms with Crippen LogP contribution in [0, 0.1) is 0 Å². The predicted octanol–water partition coefficient (Wildman–Crippen LogP) is 3.25. The fraction of sp³-hybridized carbons (Fsp3) is 0.600. The van der Waals surface area contributed by atoms with Crippen LogP contribution in [0.5, 0.6) is 5.75 Å². The summed E-state index contributed by atoms with van der Waals surface area (Å²) in [6, 6.07) is 7.69. The number of piperidine rings is 1. The van der Waals surface area contributed by atoms with E-state index in [1.165, 1.54) is 37.7 Å². The van der Waals surface area contributed by atoms with Gasteiger partial charge in [0.2, 0.25) is 0 Å². The summed E-state index contributed by atoms with van der Waals surface area (Å²) in [6.45, 7) is 3.39. The highest BCUT2D eigenvalue weighted by molar-refractivity contribution is 5.28. The Morgan fingerprint density at radius 3 is 2.88 bits per heavy atom. The number of phenols is 1. The molecule has 1 saturated heterocycles. The van der Waals surface area contributed by atoms with E-state index in [4.69, 9.17) is 0 Å². The normalized spacial score (nSPS) is 24.8. The molecule has 1 fully saturated rings. The average Bonchev–Trinajstić information content (AvgIpc) is 2.30. The van der Waals surface area contributed by atoms with Gasteiger partial charge in [-0.15, -0.1) is 0 Å². The minimum absolute atomic E-state index is 0.265. The van der Waals surface area contributed by atoms with Crippen LogP contribution in [-0.2, 0) is 6.42 Å². The van der Waals surface area contributed by atoms with Crippen LogP contribution >= 0.6 is 0 Å². The molecule has 2 heteroatoms. The van der Waals surface area contributed by atoms with Crippen molar-refractivity contribution in [3.63, 3.8) is 0 Å². The van der Waals surface area contributed by atoms with Crippen molar-refractivity contribution in [3.05, 3.63) is 29.8 Å². The topological polar surface area (TPSA) is 32.3 Å². The lowest BCUT2D eigenvalue weighted by molar-refractivity contribution is 0.233. The Labute approximate surface area is 104 Å². The molecule has 1 unspecified atom stereocenters. The van der Waals surface area contributed by atoms with Gasteiger partial charge in [-0.25, -0.2) is 0 Å². The van der Waals surface area contributed by atoms with Crippen LogP contribution < -0.4 is 5.32 Å². The second-order valence-corrected chi connectivity index (χ2v) is 5.26. The minimum atomic E-state index is 0.265. The molecule has 0 spiro atoms. The molecular formula is C15H23NO. The first-order valence-corrected chi connectivity index (χ1v) is 6.77. The molecule has 1 aromatic carbocycles. The summed E-state index contributed by atoms with van der Waals surface area (Å²) in [4.78, 5) is 0. The van der Waals surface area contributed by atoms with Crippen molar-refractivity contribution in [1.82, 2.24) is 5.32 Å². The van der Waals surface area contributed by atoms with Crippen molar-refractivity contribution in [1.29, 1.82) is 0 Å². The van der Waals surface area contributed by atoms with Crippen LogP contribution in [0.2, 0.25) is 0 Å². The molecule has 0 bridgehead atoms. The number of benzene rings is 1. The van der Waals surface area contributed by atoms with Crippen molar-refractivity contribution < 1.29 is 5.11 Å². The molecule has 1 heterocycles. The zero-order valence-electron chi connectivity index (χ0n) is 10.7. The van der Waals surface area contributed by atoms with Crippen LogP contribution in [0.1, 0.15) is 44.6 Å². The maximum atomic E-state index is 9.54. The number of hydrogen-bond acceptors (Lipinski definition) is 2. The lowest BCUT2D eigenvalue weighted by Crippen LogP contribution is -2.50. The standard InChI is InChI=1S/C15H23NO/c1-2-8-15(9-3-4-10-16-15)12-13-6-5-7-14(17)11-13/h5-7,11,16-17H,2-4,8-10,12H2,1H3. The molecule has 0 amide bonds. The van der Waals surface area contributed by atoms with Gasteiger partial charge in [0.1, 0.15) is 5.75 Å². The van der Waals surface area contributed by atoms with Crippen molar-refractivity contribution in [2.45, 2.75) is 51.0 Å². The summed E-state index contributed by atoms with van der Waals surface area (Å²) < 4.78 is 0. The summed E-state index contributed by atoms with van der Waals surface area (Å²) in [5.74, 6) is 0.380. The van der Waals surface area contributed by atoms with Crippen LogP contribution in [0.3, 0.4) is 0 Å². The van der Waals surface area contributed by atoms with Gasteiger partial charge in [0.15, 0.2) is 0 Å². The average molecular weight is 233 g/mol. The zero-order valence-corrected chi connectivity index (χ0v) is 10.7. The predicted molar refractivity (Wildman–Crippen MR) is 71.3 cm³/mol. The fourth-order valence-electron chi connectivity index (χ4n) is 3.02. The summed E-state index contributed by atoms with van der Waals surface area (Å²) in [5, 5.41) is 13.3. The maximum Gasteiger partial charge on any atom is 0.115 e. The molecule has 2 N–H and O–H groups in total. The van der Waals surface area contributed by atoms with Crippen molar-refractivity contribution >= 4 is 0 Å². The molecule has 17 heavy (non-hydrogen) atoms. The zero-order chi connectivity index (χ0) is 12.1. The molecule has 0 radical (unpaired) electrons. The third-order valence-electron chi connectivity index (χ3n) is 3.76. The number of aromatic hydroxyl groups is 1. The highest BCUT2D eigenvalue weighted by Gasteiger charge is 2.30. The quantitative estimate of drug-likeness (QED) is 0.836. The van der Waals surface area contributed by atoms with E-state index in [-0.39, 0.29) is 5.54 Å². The van der Waals surface area contributed by atoms with Crippen LogP contribution in [0.25, 0.3) is 0 Å². The monoisotopic (exact) mass is 233 g/mol. The van der Waals surface area contributed by atoms with E-state index in [0.29, 0.717) is 5.75 Å². The Balaban J connectivity index is 2.11. The molecule has 94 valence electrons. The number of phenolic OH excluding ortho intramolecular Hbond substituents is 1. The van der Waals surface area contributed by atoms with Crippen molar-refractivity contribution in [2.75, 3.05) is 6.54 Å². The Kier molecular flexibility index (Phi) is 4.06. The molecule has 0 aromatic heterocycles. The first-order valence-electron chi connectivity index (χ1n) is 6.77. The lowest BCUT2D eigenvalue weighted by Gasteiger charge is -2.39. The Hall–Kier alpha value is -1.02. The Bertz CT molecular complexity index is 350. The number of hydrogen-bond donors (Lipinski definition) is 2. The van der Waals surface area contributed by atoms with E-state index in [1.54, 1.807) is 6.07 Å². The van der Waals surface area contributed by atoms with E-state index in [1.807, 2.05) is 12.1 Å². The van der Waals surface area contributed by atoms with Gasteiger partial charge in [0.25, 0.3) is 0 Å². The van der Waals surface area contributed by atoms with Crippen molar-refractivity contribution in [2.24, 2.45) is 0 Å². The third kappa shape index (κ3) is 3.22. The Morgan fingerprint density at radius 1 is 1.35 bits per heavy atom. The van der Waals surface area contributed by atoms with Crippen LogP contribution in [0.15, 0.2) is 24.3 Å². The third-order valence-corrected chi connectivity index (χ3v) is 3.76. The highest BCUT2D eigenvalue weighted by Crippen LogP contribution is 2.29. The molecule has 1 aliphatic heterocycles. The van der Waals surface area contributed by atoms with Gasteiger partial charge >= 0.3 is 0 Å². The molecule has 1 atom stereocenters. The minimum Gasteiger partial charge on any atom is -0.508 e. The second kappa shape index (κ2) is 5.54. The van der Waals surface area contributed by atoms with Gasteiger partial charge in [-0.1, -0.05) is 31.9 Å². The van der Waals surface area contributed by atoms with Gasteiger partial charge in [-0.2, -0.15) is 0 Å². The summed E-state index contributed by atoms with van der Waals surface area (Å²) in [7, 11) is 0. The van der Waals surface area contributed by atoms with E-state index < -0.39 is 0 Å². The maximum absolute atomic E-state index is 9.54. The largest absolute Gasteiger partial charge is 0.508 e. The van der Waals surface area contributed by atoms with E-state index in [2.05, 4.69) is 18.3 Å². The highest BCUT2D eigenvalue weighted by atomic mass is 16.3. The molecular weight excluding hydrogens is 210 g/mol. The van der Waals surface area contributed by atoms with Gasteiger partial charge in [-0.3, -0.25) is 0 Å². The SMILES string of the molecule is CCCC1(Cc2cccc(O)c2)CCCCN1. The molecule has 2 rings (SSSR count). The first-order chi connectivity index (χ1) is 8.24. The summed E-state index contributed by atoms with van der Waals surface area (Å²) in [6.07, 6.45) is 7.36. The molecule has 2 nitrogen and oxygen atoms in total. The summed E-state index contributed by atoms with van der Waals surface area (Å²) in [5.41, 5.74) is 1.51. The summed E-state index contributed by atoms with van der Waals surface area (Å²) >= 11 is 0.